The third kappa shape index (κ3) is 4.62. The van der Waals surface area contributed by atoms with Crippen LogP contribution in [0, 0.1) is 5.92 Å². The van der Waals surface area contributed by atoms with Crippen molar-refractivity contribution < 1.29 is 4.42 Å². The maximum Gasteiger partial charge on any atom is 0.134 e. The molecule has 2 aromatic heterocycles. The van der Waals surface area contributed by atoms with Crippen molar-refractivity contribution in [2.75, 3.05) is 37.6 Å². The number of benzene rings is 1. The number of hydrogen-bond donors (Lipinski definition) is 1. The van der Waals surface area contributed by atoms with Gasteiger partial charge < -0.3 is 19.5 Å². The van der Waals surface area contributed by atoms with Crippen LogP contribution in [0.3, 0.4) is 0 Å². The largest absolute Gasteiger partial charge is 0.459 e. The van der Waals surface area contributed by atoms with Crippen LogP contribution in [-0.2, 0) is 6.54 Å². The Hall–Kier alpha value is -2.37. The van der Waals surface area contributed by atoms with Gasteiger partial charge in [-0.3, -0.25) is 0 Å². The zero-order chi connectivity index (χ0) is 20.2. The number of aromatic nitrogens is 1. The summed E-state index contributed by atoms with van der Waals surface area (Å²) < 4.78 is 6.13. The van der Waals surface area contributed by atoms with Crippen LogP contribution >= 0.6 is 0 Å². The molecule has 0 unspecified atom stereocenters. The average Bonchev–Trinajstić information content (AvgIpc) is 3.17. The van der Waals surface area contributed by atoms with Crippen LogP contribution in [-0.4, -0.2) is 42.6 Å². The summed E-state index contributed by atoms with van der Waals surface area (Å²) in [5.41, 5.74) is 2.21. The minimum Gasteiger partial charge on any atom is -0.459 e. The summed E-state index contributed by atoms with van der Waals surface area (Å²) in [5.74, 6) is 2.52. The number of hydrogen-bond acceptors (Lipinski definition) is 5. The van der Waals surface area contributed by atoms with E-state index >= 15 is 0 Å². The highest BCUT2D eigenvalue weighted by Crippen LogP contribution is 2.28. The fourth-order valence-corrected chi connectivity index (χ4v) is 4.08. The summed E-state index contributed by atoms with van der Waals surface area (Å²) in [4.78, 5) is 9.51. The summed E-state index contributed by atoms with van der Waals surface area (Å²) in [6.45, 7) is 12.9. The molecule has 1 aliphatic rings. The van der Waals surface area contributed by atoms with Crippen LogP contribution in [0.1, 0.15) is 38.1 Å². The number of nitrogens with zero attached hydrogens (tertiary/aromatic N) is 3. The molecule has 0 spiro atoms. The van der Waals surface area contributed by atoms with Crippen molar-refractivity contribution in [3.8, 4) is 0 Å². The Balaban J connectivity index is 1.44. The summed E-state index contributed by atoms with van der Waals surface area (Å²) in [6.07, 6.45) is 1.93. The van der Waals surface area contributed by atoms with Crippen LogP contribution in [0.15, 0.2) is 53.1 Å². The van der Waals surface area contributed by atoms with Crippen molar-refractivity contribution in [2.45, 2.75) is 33.4 Å². The van der Waals surface area contributed by atoms with Crippen molar-refractivity contribution in [2.24, 2.45) is 5.92 Å². The second-order valence-corrected chi connectivity index (χ2v) is 8.23. The van der Waals surface area contributed by atoms with Crippen molar-refractivity contribution in [1.82, 2.24) is 15.2 Å². The molecule has 1 aliphatic heterocycles. The van der Waals surface area contributed by atoms with Gasteiger partial charge in [0.1, 0.15) is 17.2 Å². The number of rotatable bonds is 7. The van der Waals surface area contributed by atoms with E-state index in [4.69, 9.17) is 4.42 Å². The van der Waals surface area contributed by atoms with Gasteiger partial charge in [0.2, 0.25) is 0 Å². The van der Waals surface area contributed by atoms with Gasteiger partial charge in [0.25, 0.3) is 0 Å². The first-order valence-corrected chi connectivity index (χ1v) is 10.8. The average molecular weight is 393 g/mol. The molecular weight excluding hydrogens is 360 g/mol. The number of nitrogens with one attached hydrogen (secondary N) is 1. The van der Waals surface area contributed by atoms with Crippen LogP contribution < -0.4 is 10.2 Å². The number of likely N-dealkylation sites (N-methyl/N-ethyl adjacent to an activating group) is 1. The van der Waals surface area contributed by atoms with Crippen LogP contribution in [0.25, 0.3) is 11.0 Å². The molecule has 154 valence electrons. The quantitative estimate of drug-likeness (QED) is 0.643. The van der Waals surface area contributed by atoms with Crippen LogP contribution in [0.4, 0.5) is 5.82 Å². The smallest absolute Gasteiger partial charge is 0.134 e. The lowest BCUT2D eigenvalue weighted by Crippen LogP contribution is -2.46. The zero-order valence-electron chi connectivity index (χ0n) is 17.8. The van der Waals surface area contributed by atoms with E-state index in [1.54, 1.807) is 0 Å². The van der Waals surface area contributed by atoms with Gasteiger partial charge in [0, 0.05) is 44.3 Å². The molecule has 0 bridgehead atoms. The Morgan fingerprint density at radius 1 is 1.07 bits per heavy atom. The number of fused-ring (bicyclic) bond motifs is 1. The maximum absolute atomic E-state index is 6.13. The number of anilines is 1. The number of para-hydroxylation sites is 1. The van der Waals surface area contributed by atoms with Gasteiger partial charge in [-0.05, 0) is 42.3 Å². The second kappa shape index (κ2) is 8.97. The molecule has 5 heteroatoms. The summed E-state index contributed by atoms with van der Waals surface area (Å²) in [7, 11) is 0. The van der Waals surface area contributed by atoms with Gasteiger partial charge in [0.05, 0.1) is 6.04 Å². The highest BCUT2D eigenvalue weighted by Gasteiger charge is 2.20. The highest BCUT2D eigenvalue weighted by molar-refractivity contribution is 5.77. The number of pyridine rings is 1. The van der Waals surface area contributed by atoms with E-state index in [2.05, 4.69) is 71.2 Å². The molecule has 1 N–H and O–H groups in total. The molecular formula is C24H32N4O. The van der Waals surface area contributed by atoms with Crippen molar-refractivity contribution in [1.29, 1.82) is 0 Å². The SMILES string of the molecule is CCN1CCN(c2cc(CN[C@@H](c3cc4ccccc4o3)C(C)C)ccn2)CC1. The molecule has 1 atom stereocenters. The van der Waals surface area contributed by atoms with E-state index in [0.29, 0.717) is 5.92 Å². The molecule has 1 saturated heterocycles. The minimum absolute atomic E-state index is 0.173. The van der Waals surface area contributed by atoms with Crippen LogP contribution in [0.2, 0.25) is 0 Å². The normalized spacial score (nSPS) is 16.6. The molecule has 3 aromatic rings. The summed E-state index contributed by atoms with van der Waals surface area (Å²) in [6, 6.07) is 14.9. The molecule has 0 radical (unpaired) electrons. The Bertz CT molecular complexity index is 894. The molecule has 3 heterocycles. The third-order valence-electron chi connectivity index (χ3n) is 5.90. The molecule has 1 fully saturated rings. The summed E-state index contributed by atoms with van der Waals surface area (Å²) in [5, 5.41) is 4.87. The zero-order valence-corrected chi connectivity index (χ0v) is 17.8. The monoisotopic (exact) mass is 392 g/mol. The van der Waals surface area contributed by atoms with Crippen LogP contribution in [0.5, 0.6) is 0 Å². The Morgan fingerprint density at radius 2 is 1.86 bits per heavy atom. The Kier molecular flexibility index (Phi) is 6.16. The predicted octanol–water partition coefficient (Wildman–Crippen LogP) is 4.46. The molecule has 1 aromatic carbocycles. The Morgan fingerprint density at radius 3 is 2.59 bits per heavy atom. The first kappa shape index (κ1) is 19.9. The van der Waals surface area contributed by atoms with E-state index in [9.17, 15) is 0 Å². The standard InChI is InChI=1S/C24H32N4O/c1-4-27-11-13-28(14-12-27)23-15-19(9-10-25-23)17-26-24(18(2)3)22-16-20-7-5-6-8-21(20)29-22/h5-10,15-16,18,24,26H,4,11-14,17H2,1-3H3/t24-/m1/s1. The Labute approximate surface area is 173 Å². The van der Waals surface area contributed by atoms with Gasteiger partial charge in [-0.1, -0.05) is 39.0 Å². The van der Waals surface area contributed by atoms with Gasteiger partial charge in [-0.25, -0.2) is 4.98 Å². The third-order valence-corrected chi connectivity index (χ3v) is 5.90. The first-order valence-electron chi connectivity index (χ1n) is 10.8. The predicted molar refractivity (Wildman–Crippen MR) is 119 cm³/mol. The van der Waals surface area contributed by atoms with Crippen molar-refractivity contribution >= 4 is 16.8 Å². The van der Waals surface area contributed by atoms with Crippen molar-refractivity contribution in [3.05, 3.63) is 60.0 Å². The van der Waals surface area contributed by atoms with E-state index in [0.717, 1.165) is 61.8 Å². The van der Waals surface area contributed by atoms with Gasteiger partial charge in [-0.2, -0.15) is 0 Å². The highest BCUT2D eigenvalue weighted by atomic mass is 16.3. The lowest BCUT2D eigenvalue weighted by Gasteiger charge is -2.34. The fraction of sp³-hybridized carbons (Fsp3) is 0.458. The molecule has 0 aliphatic carbocycles. The second-order valence-electron chi connectivity index (χ2n) is 8.23. The van der Waals surface area contributed by atoms with Gasteiger partial charge in [-0.15, -0.1) is 0 Å². The van der Waals surface area contributed by atoms with Gasteiger partial charge in [0.15, 0.2) is 0 Å². The van der Waals surface area contributed by atoms with E-state index in [-0.39, 0.29) is 6.04 Å². The number of furan rings is 1. The molecule has 29 heavy (non-hydrogen) atoms. The topological polar surface area (TPSA) is 44.5 Å². The number of piperazine rings is 1. The molecule has 0 saturated carbocycles. The van der Waals surface area contributed by atoms with E-state index in [1.807, 2.05) is 18.3 Å². The fourth-order valence-electron chi connectivity index (χ4n) is 4.08. The maximum atomic E-state index is 6.13. The lowest BCUT2D eigenvalue weighted by molar-refractivity contribution is 0.270. The van der Waals surface area contributed by atoms with E-state index < -0.39 is 0 Å². The molecule has 4 rings (SSSR count). The molecule has 5 nitrogen and oxygen atoms in total. The minimum atomic E-state index is 0.173. The van der Waals surface area contributed by atoms with Gasteiger partial charge >= 0.3 is 0 Å². The van der Waals surface area contributed by atoms with Crippen molar-refractivity contribution in [3.63, 3.8) is 0 Å². The molecule has 0 amide bonds. The van der Waals surface area contributed by atoms with E-state index in [1.165, 1.54) is 5.56 Å². The lowest BCUT2D eigenvalue weighted by atomic mass is 10.0. The summed E-state index contributed by atoms with van der Waals surface area (Å²) >= 11 is 0. The first-order chi connectivity index (χ1) is 14.1.